The van der Waals surface area contributed by atoms with Gasteiger partial charge < -0.3 is 10.1 Å². The Bertz CT molecular complexity index is 1000. The minimum absolute atomic E-state index is 0.126. The minimum Gasteiger partial charge on any atom is -0.503 e. The van der Waals surface area contributed by atoms with Gasteiger partial charge in [0.05, 0.1) is 16.3 Å². The van der Waals surface area contributed by atoms with Crippen LogP contribution in [0.2, 0.25) is 5.02 Å². The molecule has 2 N–H and O–H groups in total. The summed E-state index contributed by atoms with van der Waals surface area (Å²) in [6.45, 7) is 0. The van der Waals surface area contributed by atoms with E-state index in [4.69, 9.17) is 11.6 Å². The lowest BCUT2D eigenvalue weighted by atomic mass is 10.1. The lowest BCUT2D eigenvalue weighted by Gasteiger charge is -2.09. The van der Waals surface area contributed by atoms with Crippen LogP contribution in [0.3, 0.4) is 0 Å². The molecule has 0 saturated heterocycles. The largest absolute Gasteiger partial charge is 0.503 e. The summed E-state index contributed by atoms with van der Waals surface area (Å²) in [5.74, 6) is -1.93. The molecule has 0 bridgehead atoms. The van der Waals surface area contributed by atoms with Gasteiger partial charge in [-0.25, -0.2) is 4.39 Å². The fraction of sp³-hybridized carbons (Fsp3) is 0.143. The third-order valence-corrected chi connectivity index (χ3v) is 3.77. The van der Waals surface area contributed by atoms with Gasteiger partial charge in [-0.1, -0.05) is 17.7 Å². The van der Waals surface area contributed by atoms with Crippen LogP contribution < -0.4 is 5.43 Å². The number of aryl methyl sites for hydroxylation is 1. The highest BCUT2D eigenvalue weighted by molar-refractivity contribution is 6.33. The zero-order valence-electron chi connectivity index (χ0n) is 11.9. The molecule has 0 spiro atoms. The monoisotopic (exact) mass is 361 g/mol. The number of alkyl halides is 3. The van der Waals surface area contributed by atoms with Crippen molar-refractivity contribution in [3.8, 4) is 17.0 Å². The van der Waals surface area contributed by atoms with E-state index in [1.54, 1.807) is 0 Å². The van der Waals surface area contributed by atoms with E-state index in [0.717, 1.165) is 10.7 Å². The lowest BCUT2D eigenvalue weighted by Crippen LogP contribution is -2.12. The molecule has 0 saturated carbocycles. The van der Waals surface area contributed by atoms with Crippen LogP contribution in [-0.4, -0.2) is 19.9 Å². The van der Waals surface area contributed by atoms with Crippen molar-refractivity contribution in [3.05, 3.63) is 45.0 Å². The van der Waals surface area contributed by atoms with Gasteiger partial charge in [-0.15, -0.1) is 0 Å². The fourth-order valence-electron chi connectivity index (χ4n) is 2.41. The van der Waals surface area contributed by atoms with Crippen molar-refractivity contribution in [2.24, 2.45) is 7.05 Å². The molecule has 0 amide bonds. The van der Waals surface area contributed by atoms with Crippen molar-refractivity contribution in [2.45, 2.75) is 6.18 Å². The molecular formula is C14H8ClF4N3O2. The van der Waals surface area contributed by atoms with E-state index < -0.39 is 39.9 Å². The number of pyridine rings is 1. The smallest absolute Gasteiger partial charge is 0.435 e. The summed E-state index contributed by atoms with van der Waals surface area (Å²) in [4.78, 5) is 14.7. The van der Waals surface area contributed by atoms with Gasteiger partial charge in [0.25, 0.3) is 0 Å². The molecule has 0 aliphatic rings. The first-order valence-corrected chi connectivity index (χ1v) is 6.84. The number of nitrogens with zero attached hydrogens (tertiary/aromatic N) is 2. The number of benzene rings is 1. The van der Waals surface area contributed by atoms with Crippen LogP contribution in [-0.2, 0) is 13.2 Å². The molecule has 0 fully saturated rings. The van der Waals surface area contributed by atoms with E-state index in [0.29, 0.717) is 0 Å². The van der Waals surface area contributed by atoms with Gasteiger partial charge in [-0.2, -0.15) is 18.3 Å². The standard InChI is InChI=1S/C14H8ClF4N3O2/c1-22-13-8(12(21-22)14(17,18)19)10(23)11(24)9(20-13)7-5(15)3-2-4-6(7)16/h2-4,24H,1H3,(H,20,23). The summed E-state index contributed by atoms with van der Waals surface area (Å²) in [5.41, 5.74) is -3.83. The van der Waals surface area contributed by atoms with Crippen molar-refractivity contribution in [1.82, 2.24) is 14.8 Å². The molecule has 3 rings (SSSR count). The summed E-state index contributed by atoms with van der Waals surface area (Å²) >= 11 is 5.88. The molecule has 0 aliphatic carbocycles. The maximum absolute atomic E-state index is 14.0. The number of aromatic nitrogens is 3. The van der Waals surface area contributed by atoms with Crippen molar-refractivity contribution < 1.29 is 22.7 Å². The van der Waals surface area contributed by atoms with Crippen LogP contribution >= 0.6 is 11.6 Å². The Kier molecular flexibility index (Phi) is 3.56. The maximum Gasteiger partial charge on any atom is 0.435 e. The number of H-pyrrole nitrogens is 1. The van der Waals surface area contributed by atoms with Crippen molar-refractivity contribution in [2.75, 3.05) is 0 Å². The van der Waals surface area contributed by atoms with E-state index in [1.165, 1.54) is 19.2 Å². The second kappa shape index (κ2) is 5.23. The predicted octanol–water partition coefficient (Wildman–Crippen LogP) is 3.45. The normalized spacial score (nSPS) is 12.1. The van der Waals surface area contributed by atoms with Gasteiger partial charge >= 0.3 is 6.18 Å². The SMILES string of the molecule is Cn1nc(C(F)(F)F)c2c(=O)c(O)c(-c3c(F)cccc3Cl)[nH]c21. The number of aromatic amines is 1. The highest BCUT2D eigenvalue weighted by Crippen LogP contribution is 2.37. The molecule has 126 valence electrons. The van der Waals surface area contributed by atoms with E-state index in [1.807, 2.05) is 0 Å². The van der Waals surface area contributed by atoms with Crippen LogP contribution in [0.25, 0.3) is 22.3 Å². The van der Waals surface area contributed by atoms with E-state index >= 15 is 0 Å². The van der Waals surface area contributed by atoms with Crippen molar-refractivity contribution in [1.29, 1.82) is 0 Å². The maximum atomic E-state index is 14.0. The number of nitrogens with one attached hydrogen (secondary N) is 1. The number of hydrogen-bond donors (Lipinski definition) is 2. The summed E-state index contributed by atoms with van der Waals surface area (Å²) in [7, 11) is 1.18. The summed E-state index contributed by atoms with van der Waals surface area (Å²) in [5, 5.41) is 12.3. The molecular weight excluding hydrogens is 354 g/mol. The molecule has 0 unspecified atom stereocenters. The van der Waals surface area contributed by atoms with Crippen LogP contribution in [0.5, 0.6) is 5.75 Å². The van der Waals surface area contributed by atoms with Crippen molar-refractivity contribution in [3.63, 3.8) is 0 Å². The number of fused-ring (bicyclic) bond motifs is 1. The molecule has 5 nitrogen and oxygen atoms in total. The van der Waals surface area contributed by atoms with Gasteiger partial charge in [0.15, 0.2) is 11.4 Å². The average molecular weight is 362 g/mol. The van der Waals surface area contributed by atoms with Crippen molar-refractivity contribution >= 4 is 22.6 Å². The first-order valence-electron chi connectivity index (χ1n) is 6.46. The van der Waals surface area contributed by atoms with E-state index in [9.17, 15) is 27.5 Å². The van der Waals surface area contributed by atoms with Gasteiger partial charge in [-0.3, -0.25) is 9.48 Å². The zero-order chi connectivity index (χ0) is 17.8. The Hall–Kier alpha value is -2.55. The fourth-order valence-corrected chi connectivity index (χ4v) is 2.67. The zero-order valence-corrected chi connectivity index (χ0v) is 12.6. The molecule has 10 heteroatoms. The number of rotatable bonds is 1. The Balaban J connectivity index is 2.45. The van der Waals surface area contributed by atoms with Gasteiger partial charge in [0, 0.05) is 7.05 Å². The average Bonchev–Trinajstić information content (AvgIpc) is 2.81. The first-order chi connectivity index (χ1) is 11.1. The van der Waals surface area contributed by atoms with Crippen LogP contribution in [0.1, 0.15) is 5.69 Å². The molecule has 0 atom stereocenters. The molecule has 1 aromatic carbocycles. The second-order valence-corrected chi connectivity index (χ2v) is 5.38. The van der Waals surface area contributed by atoms with Crippen LogP contribution in [0, 0.1) is 5.82 Å². The molecule has 2 heterocycles. The van der Waals surface area contributed by atoms with Gasteiger partial charge in [-0.05, 0) is 12.1 Å². The predicted molar refractivity (Wildman–Crippen MR) is 78.4 cm³/mol. The number of halogens is 5. The molecule has 24 heavy (non-hydrogen) atoms. The van der Waals surface area contributed by atoms with Crippen LogP contribution in [0.4, 0.5) is 17.6 Å². The Morgan fingerprint density at radius 2 is 2.00 bits per heavy atom. The Morgan fingerprint density at radius 3 is 2.58 bits per heavy atom. The van der Waals surface area contributed by atoms with Crippen LogP contribution in [0.15, 0.2) is 23.0 Å². The molecule has 3 aromatic rings. The van der Waals surface area contributed by atoms with Gasteiger partial charge in [0.1, 0.15) is 16.9 Å². The summed E-state index contributed by atoms with van der Waals surface area (Å²) in [6, 6.07) is 3.65. The third kappa shape index (κ3) is 2.32. The third-order valence-electron chi connectivity index (χ3n) is 3.45. The van der Waals surface area contributed by atoms with Gasteiger partial charge in [0.2, 0.25) is 5.43 Å². The highest BCUT2D eigenvalue weighted by atomic mass is 35.5. The van der Waals surface area contributed by atoms with E-state index in [-0.39, 0.29) is 16.2 Å². The molecule has 0 radical (unpaired) electrons. The van der Waals surface area contributed by atoms with E-state index in [2.05, 4.69) is 10.1 Å². The summed E-state index contributed by atoms with van der Waals surface area (Å²) in [6.07, 6.45) is -4.89. The Morgan fingerprint density at radius 1 is 1.33 bits per heavy atom. The minimum atomic E-state index is -4.89. The number of hydrogen-bond acceptors (Lipinski definition) is 3. The first kappa shape index (κ1) is 16.3. The highest BCUT2D eigenvalue weighted by Gasteiger charge is 2.39. The quantitative estimate of drug-likeness (QED) is 0.652. The topological polar surface area (TPSA) is 70.9 Å². The molecule has 2 aromatic heterocycles. The number of aromatic hydroxyl groups is 1. The second-order valence-electron chi connectivity index (χ2n) is 4.97. The Labute approximate surface area is 136 Å². The molecule has 0 aliphatic heterocycles. The summed E-state index contributed by atoms with van der Waals surface area (Å²) < 4.78 is 53.8. The lowest BCUT2D eigenvalue weighted by molar-refractivity contribution is -0.140.